The molecule has 0 unspecified atom stereocenters. The van der Waals surface area contributed by atoms with E-state index in [1.807, 2.05) is 0 Å². The van der Waals surface area contributed by atoms with Gasteiger partial charge in [-0.3, -0.25) is 0 Å². The molecule has 0 radical (unpaired) electrons. The van der Waals surface area contributed by atoms with Gasteiger partial charge in [-0.05, 0) is 24.5 Å². The molecule has 0 atom stereocenters. The first-order chi connectivity index (χ1) is 10.3. The summed E-state index contributed by atoms with van der Waals surface area (Å²) in [4.78, 5) is 16.0. The summed E-state index contributed by atoms with van der Waals surface area (Å²) < 4.78 is 0. The Hall–Kier alpha value is -2.63. The lowest BCUT2D eigenvalue weighted by Crippen LogP contribution is -2.09. The smallest absolute Gasteiger partial charge is 0.226 e. The molecule has 3 aromatic rings. The van der Waals surface area contributed by atoms with Gasteiger partial charge in [0.1, 0.15) is 5.52 Å². The van der Waals surface area contributed by atoms with Crippen molar-refractivity contribution in [2.24, 2.45) is 0 Å². The highest BCUT2D eigenvalue weighted by Gasteiger charge is 2.08. The second-order valence-electron chi connectivity index (χ2n) is 4.85. The highest BCUT2D eigenvalue weighted by atomic mass is 15.2. The minimum Gasteiger partial charge on any atom is -0.368 e. The van der Waals surface area contributed by atoms with Crippen LogP contribution in [-0.4, -0.2) is 33.5 Å². The zero-order valence-electron chi connectivity index (χ0n) is 12.1. The Labute approximate surface area is 123 Å². The van der Waals surface area contributed by atoms with Crippen molar-refractivity contribution in [3.63, 3.8) is 0 Å². The summed E-state index contributed by atoms with van der Waals surface area (Å²) in [6.45, 7) is 2.94. The predicted octanol–water partition coefficient (Wildman–Crippen LogP) is 2.36. The van der Waals surface area contributed by atoms with Crippen molar-refractivity contribution in [1.29, 1.82) is 0 Å². The Kier molecular flexibility index (Phi) is 3.68. The average molecular weight is 282 g/mol. The molecule has 3 rings (SSSR count). The summed E-state index contributed by atoms with van der Waals surface area (Å²) >= 11 is 0. The van der Waals surface area contributed by atoms with Crippen LogP contribution >= 0.6 is 0 Å². The molecular formula is C15H18N6. The number of aryl methyl sites for hydroxylation is 1. The molecule has 0 spiro atoms. The number of rotatable bonds is 5. The Balaban J connectivity index is 1.76. The van der Waals surface area contributed by atoms with E-state index in [0.717, 1.165) is 24.3 Å². The van der Waals surface area contributed by atoms with Crippen LogP contribution in [0.2, 0.25) is 0 Å². The largest absolute Gasteiger partial charge is 0.368 e. The van der Waals surface area contributed by atoms with Crippen molar-refractivity contribution >= 4 is 22.9 Å². The molecule has 21 heavy (non-hydrogen) atoms. The molecule has 108 valence electrons. The third-order valence-electron chi connectivity index (χ3n) is 3.46. The van der Waals surface area contributed by atoms with E-state index in [1.54, 1.807) is 13.4 Å². The first kappa shape index (κ1) is 13.4. The van der Waals surface area contributed by atoms with Crippen LogP contribution in [-0.2, 0) is 6.42 Å². The van der Waals surface area contributed by atoms with Crippen molar-refractivity contribution < 1.29 is 0 Å². The normalized spacial score (nSPS) is 10.8. The van der Waals surface area contributed by atoms with Crippen molar-refractivity contribution in [3.05, 3.63) is 41.7 Å². The number of nitrogens with zero attached hydrogens (tertiary/aromatic N) is 3. The Morgan fingerprint density at radius 2 is 2.05 bits per heavy atom. The van der Waals surface area contributed by atoms with Gasteiger partial charge in [0, 0.05) is 13.6 Å². The van der Waals surface area contributed by atoms with Crippen molar-refractivity contribution in [2.75, 3.05) is 24.2 Å². The van der Waals surface area contributed by atoms with E-state index in [4.69, 9.17) is 0 Å². The van der Waals surface area contributed by atoms with Gasteiger partial charge in [-0.25, -0.2) is 4.98 Å². The van der Waals surface area contributed by atoms with Crippen LogP contribution in [0.15, 0.2) is 30.6 Å². The number of nitrogens with one attached hydrogen (secondary N) is 3. The second kappa shape index (κ2) is 5.78. The summed E-state index contributed by atoms with van der Waals surface area (Å²) in [6.07, 6.45) is 2.58. The van der Waals surface area contributed by atoms with Crippen LogP contribution in [0, 0.1) is 6.92 Å². The molecule has 2 heterocycles. The molecule has 6 heteroatoms. The van der Waals surface area contributed by atoms with Gasteiger partial charge in [0.05, 0.1) is 6.33 Å². The molecule has 2 aromatic heterocycles. The highest BCUT2D eigenvalue weighted by Crippen LogP contribution is 2.18. The van der Waals surface area contributed by atoms with Gasteiger partial charge < -0.3 is 15.6 Å². The number of benzene rings is 1. The molecule has 0 aliphatic heterocycles. The fourth-order valence-corrected chi connectivity index (χ4v) is 2.28. The molecular weight excluding hydrogens is 264 g/mol. The first-order valence-electron chi connectivity index (χ1n) is 6.95. The lowest BCUT2D eigenvalue weighted by molar-refractivity contribution is 0.992. The Morgan fingerprint density at radius 1 is 1.19 bits per heavy atom. The molecule has 6 nitrogen and oxygen atoms in total. The standard InChI is InChI=1S/C15H18N6/c1-10-5-3-4-6-11(10)7-8-17-13-12-14(19-9-18-12)21-15(16-2)20-13/h3-6,9H,7-8H2,1-2H3,(H3,16,17,18,19,20,21). The summed E-state index contributed by atoms with van der Waals surface area (Å²) in [5, 5.41) is 6.31. The molecule has 0 aliphatic carbocycles. The topological polar surface area (TPSA) is 78.5 Å². The molecule has 0 saturated carbocycles. The first-order valence-corrected chi connectivity index (χ1v) is 6.95. The van der Waals surface area contributed by atoms with Crippen LogP contribution in [0.4, 0.5) is 11.8 Å². The molecule has 0 bridgehead atoms. The molecule has 3 N–H and O–H groups in total. The minimum absolute atomic E-state index is 0.563. The molecule has 0 fully saturated rings. The van der Waals surface area contributed by atoms with Crippen molar-refractivity contribution in [1.82, 2.24) is 19.9 Å². The van der Waals surface area contributed by atoms with E-state index >= 15 is 0 Å². The summed E-state index contributed by atoms with van der Waals surface area (Å²) in [5.74, 6) is 1.34. The van der Waals surface area contributed by atoms with Gasteiger partial charge in [-0.15, -0.1) is 0 Å². The number of hydrogen-bond acceptors (Lipinski definition) is 5. The zero-order chi connectivity index (χ0) is 14.7. The van der Waals surface area contributed by atoms with E-state index in [9.17, 15) is 0 Å². The van der Waals surface area contributed by atoms with Crippen LogP contribution in [0.1, 0.15) is 11.1 Å². The Bertz CT molecular complexity index is 749. The third-order valence-corrected chi connectivity index (χ3v) is 3.46. The van der Waals surface area contributed by atoms with Crippen LogP contribution in [0.25, 0.3) is 11.2 Å². The summed E-state index contributed by atoms with van der Waals surface area (Å²) in [6, 6.07) is 8.41. The number of aromatic amines is 1. The molecule has 0 saturated heterocycles. The van der Waals surface area contributed by atoms with E-state index in [0.29, 0.717) is 11.6 Å². The van der Waals surface area contributed by atoms with E-state index in [1.165, 1.54) is 11.1 Å². The number of anilines is 2. The second-order valence-corrected chi connectivity index (χ2v) is 4.85. The fourth-order valence-electron chi connectivity index (χ4n) is 2.28. The van der Waals surface area contributed by atoms with Crippen LogP contribution < -0.4 is 10.6 Å². The maximum atomic E-state index is 4.44. The lowest BCUT2D eigenvalue weighted by Gasteiger charge is -2.09. The van der Waals surface area contributed by atoms with E-state index < -0.39 is 0 Å². The number of H-pyrrole nitrogens is 1. The number of fused-ring (bicyclic) bond motifs is 1. The number of imidazole rings is 1. The van der Waals surface area contributed by atoms with Crippen LogP contribution in [0.5, 0.6) is 0 Å². The summed E-state index contributed by atoms with van der Waals surface area (Å²) in [7, 11) is 1.80. The molecule has 1 aromatic carbocycles. The van der Waals surface area contributed by atoms with Gasteiger partial charge in [0.15, 0.2) is 11.5 Å². The van der Waals surface area contributed by atoms with Crippen molar-refractivity contribution in [3.8, 4) is 0 Å². The predicted molar refractivity (Wildman–Crippen MR) is 84.6 cm³/mol. The maximum Gasteiger partial charge on any atom is 0.226 e. The number of hydrogen-bond donors (Lipinski definition) is 3. The lowest BCUT2D eigenvalue weighted by atomic mass is 10.1. The van der Waals surface area contributed by atoms with Crippen LogP contribution in [0.3, 0.4) is 0 Å². The minimum atomic E-state index is 0.563. The van der Waals surface area contributed by atoms with Gasteiger partial charge in [0.2, 0.25) is 5.95 Å². The third kappa shape index (κ3) is 2.79. The van der Waals surface area contributed by atoms with Gasteiger partial charge in [-0.2, -0.15) is 9.97 Å². The van der Waals surface area contributed by atoms with Gasteiger partial charge in [0.25, 0.3) is 0 Å². The fraction of sp³-hybridized carbons (Fsp3) is 0.267. The molecule has 0 amide bonds. The zero-order valence-corrected chi connectivity index (χ0v) is 12.1. The quantitative estimate of drug-likeness (QED) is 0.669. The Morgan fingerprint density at radius 3 is 2.86 bits per heavy atom. The van der Waals surface area contributed by atoms with Crippen molar-refractivity contribution in [2.45, 2.75) is 13.3 Å². The monoisotopic (exact) mass is 282 g/mol. The maximum absolute atomic E-state index is 4.44. The van der Waals surface area contributed by atoms with E-state index in [2.05, 4.69) is 61.8 Å². The van der Waals surface area contributed by atoms with E-state index in [-0.39, 0.29) is 0 Å². The van der Waals surface area contributed by atoms with Gasteiger partial charge >= 0.3 is 0 Å². The highest BCUT2D eigenvalue weighted by molar-refractivity contribution is 5.83. The SMILES string of the molecule is CNc1nc(NCCc2ccccc2C)c2[nH]cnc2n1. The van der Waals surface area contributed by atoms with Gasteiger partial charge in [-0.1, -0.05) is 24.3 Å². The summed E-state index contributed by atoms with van der Waals surface area (Å²) in [5.41, 5.74) is 4.14. The molecule has 0 aliphatic rings. The average Bonchev–Trinajstić information content (AvgIpc) is 2.97. The number of aromatic nitrogens is 4.